The second-order valence-corrected chi connectivity index (χ2v) is 8.33. The molecule has 4 aromatic rings. The second kappa shape index (κ2) is 8.48. The van der Waals surface area contributed by atoms with Crippen molar-refractivity contribution < 1.29 is 9.59 Å². The molecule has 0 aliphatic carbocycles. The summed E-state index contributed by atoms with van der Waals surface area (Å²) in [7, 11) is 0. The van der Waals surface area contributed by atoms with Gasteiger partial charge in [0.25, 0.3) is 11.8 Å². The molecule has 0 saturated heterocycles. The van der Waals surface area contributed by atoms with Crippen molar-refractivity contribution in [1.29, 1.82) is 0 Å². The monoisotopic (exact) mass is 440 g/mol. The second-order valence-electron chi connectivity index (χ2n) is 7.90. The highest BCUT2D eigenvalue weighted by molar-refractivity contribution is 6.31. The molecular formula is C27H21ClN2O2. The average molecular weight is 441 g/mol. The number of benzene rings is 4. The van der Waals surface area contributed by atoms with Gasteiger partial charge < -0.3 is 10.2 Å². The molecule has 32 heavy (non-hydrogen) atoms. The van der Waals surface area contributed by atoms with Crippen molar-refractivity contribution in [3.63, 3.8) is 0 Å². The maximum Gasteiger partial charge on any atom is 0.258 e. The molecule has 1 aliphatic heterocycles. The lowest BCUT2D eigenvalue weighted by Crippen LogP contribution is -2.35. The van der Waals surface area contributed by atoms with Crippen LogP contribution in [-0.2, 0) is 6.42 Å². The predicted molar refractivity (Wildman–Crippen MR) is 130 cm³/mol. The van der Waals surface area contributed by atoms with Crippen LogP contribution < -0.4 is 10.2 Å². The summed E-state index contributed by atoms with van der Waals surface area (Å²) in [5.41, 5.74) is 3.76. The van der Waals surface area contributed by atoms with Gasteiger partial charge in [-0.25, -0.2) is 0 Å². The van der Waals surface area contributed by atoms with E-state index in [4.69, 9.17) is 11.6 Å². The van der Waals surface area contributed by atoms with E-state index < -0.39 is 0 Å². The van der Waals surface area contributed by atoms with Crippen LogP contribution in [0.25, 0.3) is 10.8 Å². The molecule has 0 atom stereocenters. The van der Waals surface area contributed by atoms with Crippen molar-refractivity contribution in [2.75, 3.05) is 16.8 Å². The van der Waals surface area contributed by atoms with Gasteiger partial charge in [-0.15, -0.1) is 0 Å². The third-order valence-electron chi connectivity index (χ3n) is 5.81. The largest absolute Gasteiger partial charge is 0.321 e. The van der Waals surface area contributed by atoms with E-state index in [2.05, 4.69) is 5.32 Å². The summed E-state index contributed by atoms with van der Waals surface area (Å²) in [6.07, 6.45) is 1.66. The quantitative estimate of drug-likeness (QED) is 0.404. The van der Waals surface area contributed by atoms with Crippen LogP contribution in [0.3, 0.4) is 0 Å². The zero-order valence-corrected chi connectivity index (χ0v) is 18.1. The number of nitrogens with one attached hydrogen (secondary N) is 1. The van der Waals surface area contributed by atoms with Crippen molar-refractivity contribution in [2.45, 2.75) is 12.8 Å². The summed E-state index contributed by atoms with van der Waals surface area (Å²) in [5.74, 6) is -0.246. The lowest BCUT2D eigenvalue weighted by molar-refractivity contribution is 0.0984. The lowest BCUT2D eigenvalue weighted by Gasteiger charge is -2.30. The molecular weight excluding hydrogens is 420 g/mol. The number of aryl methyl sites for hydroxylation is 1. The van der Waals surface area contributed by atoms with Crippen molar-refractivity contribution >= 4 is 45.6 Å². The number of carbonyl (C=O) groups is 2. The number of fused-ring (bicyclic) bond motifs is 2. The van der Waals surface area contributed by atoms with Gasteiger partial charge in [-0.2, -0.15) is 0 Å². The molecule has 0 aromatic heterocycles. The Morgan fingerprint density at radius 2 is 1.66 bits per heavy atom. The van der Waals surface area contributed by atoms with Crippen LogP contribution in [0.4, 0.5) is 11.4 Å². The summed E-state index contributed by atoms with van der Waals surface area (Å²) >= 11 is 6.07. The van der Waals surface area contributed by atoms with Gasteiger partial charge in [0.2, 0.25) is 0 Å². The molecule has 158 valence electrons. The topological polar surface area (TPSA) is 49.4 Å². The molecule has 5 heteroatoms. The molecule has 4 nitrogen and oxygen atoms in total. The Balaban J connectivity index is 1.42. The van der Waals surface area contributed by atoms with E-state index >= 15 is 0 Å². The van der Waals surface area contributed by atoms with E-state index in [1.54, 1.807) is 35.2 Å². The predicted octanol–water partition coefficient (Wildman–Crippen LogP) is 6.34. The first-order chi connectivity index (χ1) is 15.6. The van der Waals surface area contributed by atoms with E-state index in [9.17, 15) is 9.59 Å². The average Bonchev–Trinajstić information content (AvgIpc) is 2.83. The van der Waals surface area contributed by atoms with Crippen LogP contribution in [0, 0.1) is 0 Å². The minimum atomic E-state index is -0.164. The Morgan fingerprint density at radius 1 is 0.844 bits per heavy atom. The molecule has 0 unspecified atom stereocenters. The Hall–Kier alpha value is -3.63. The van der Waals surface area contributed by atoms with Crippen LogP contribution >= 0.6 is 11.6 Å². The van der Waals surface area contributed by atoms with E-state index in [0.29, 0.717) is 22.7 Å². The fraction of sp³-hybridized carbons (Fsp3) is 0.111. The smallest absolute Gasteiger partial charge is 0.258 e. The maximum absolute atomic E-state index is 13.1. The zero-order chi connectivity index (χ0) is 22.1. The van der Waals surface area contributed by atoms with Gasteiger partial charge in [-0.3, -0.25) is 9.59 Å². The number of rotatable bonds is 3. The third kappa shape index (κ3) is 3.85. The number of anilines is 2. The van der Waals surface area contributed by atoms with E-state index in [0.717, 1.165) is 40.6 Å². The van der Waals surface area contributed by atoms with Gasteiger partial charge in [0.1, 0.15) is 0 Å². The Kier molecular flexibility index (Phi) is 5.38. The summed E-state index contributed by atoms with van der Waals surface area (Å²) in [6.45, 7) is 0.639. The first-order valence-electron chi connectivity index (χ1n) is 10.6. The van der Waals surface area contributed by atoms with Crippen LogP contribution in [-0.4, -0.2) is 18.4 Å². The van der Waals surface area contributed by atoms with Crippen LogP contribution in [0.5, 0.6) is 0 Å². The molecule has 2 amide bonds. The van der Waals surface area contributed by atoms with Crippen LogP contribution in [0.15, 0.2) is 84.9 Å². The summed E-state index contributed by atoms with van der Waals surface area (Å²) in [6, 6.07) is 26.4. The van der Waals surface area contributed by atoms with E-state index in [1.807, 2.05) is 54.6 Å². The number of hydrogen-bond acceptors (Lipinski definition) is 2. The van der Waals surface area contributed by atoms with Gasteiger partial charge in [0.15, 0.2) is 0 Å². The Bertz CT molecular complexity index is 1340. The highest BCUT2D eigenvalue weighted by Gasteiger charge is 2.24. The summed E-state index contributed by atoms with van der Waals surface area (Å²) < 4.78 is 0. The number of halogens is 1. The fourth-order valence-electron chi connectivity index (χ4n) is 4.26. The van der Waals surface area contributed by atoms with Gasteiger partial charge in [-0.1, -0.05) is 54.1 Å². The van der Waals surface area contributed by atoms with E-state index in [-0.39, 0.29) is 11.8 Å². The number of nitrogens with zero attached hydrogens (tertiary/aromatic N) is 1. The molecule has 0 radical (unpaired) electrons. The van der Waals surface area contributed by atoms with Crippen molar-refractivity contribution in [3.8, 4) is 0 Å². The Labute approximate surface area is 191 Å². The van der Waals surface area contributed by atoms with Gasteiger partial charge in [-0.05, 0) is 66.3 Å². The molecule has 1 aliphatic rings. The number of carbonyl (C=O) groups excluding carboxylic acids is 2. The standard InChI is InChI=1S/C27H21ClN2O2/c28-22-10-3-8-21(17-22)27(32)30-15-5-9-19-16-20(13-14-25(19)30)26(31)29-24-12-4-7-18-6-1-2-11-23(18)24/h1-4,6-8,10-14,16-17H,5,9,15H2,(H,29,31). The molecule has 0 spiro atoms. The first kappa shape index (κ1) is 20.3. The lowest BCUT2D eigenvalue weighted by atomic mass is 9.98. The minimum absolute atomic E-state index is 0.0820. The minimum Gasteiger partial charge on any atom is -0.321 e. The molecule has 0 bridgehead atoms. The molecule has 1 heterocycles. The number of amides is 2. The van der Waals surface area contributed by atoms with Crippen molar-refractivity contribution in [1.82, 2.24) is 0 Å². The summed E-state index contributed by atoms with van der Waals surface area (Å²) in [4.78, 5) is 27.9. The van der Waals surface area contributed by atoms with Gasteiger partial charge in [0.05, 0.1) is 0 Å². The van der Waals surface area contributed by atoms with Gasteiger partial charge >= 0.3 is 0 Å². The highest BCUT2D eigenvalue weighted by atomic mass is 35.5. The molecule has 5 rings (SSSR count). The normalized spacial score (nSPS) is 13.0. The molecule has 0 fully saturated rings. The fourth-order valence-corrected chi connectivity index (χ4v) is 4.45. The van der Waals surface area contributed by atoms with Crippen molar-refractivity contribution in [2.24, 2.45) is 0 Å². The van der Waals surface area contributed by atoms with Crippen LogP contribution in [0.2, 0.25) is 5.02 Å². The summed E-state index contributed by atoms with van der Waals surface area (Å²) in [5, 5.41) is 5.65. The van der Waals surface area contributed by atoms with Crippen LogP contribution in [0.1, 0.15) is 32.7 Å². The third-order valence-corrected chi connectivity index (χ3v) is 6.05. The highest BCUT2D eigenvalue weighted by Crippen LogP contribution is 2.30. The Morgan fingerprint density at radius 3 is 2.53 bits per heavy atom. The SMILES string of the molecule is O=C(Nc1cccc2ccccc12)c1ccc2c(c1)CCCN2C(=O)c1cccc(Cl)c1. The maximum atomic E-state index is 13.1. The first-order valence-corrected chi connectivity index (χ1v) is 11.0. The molecule has 0 saturated carbocycles. The van der Waals surface area contributed by atoms with E-state index in [1.165, 1.54) is 0 Å². The molecule has 4 aromatic carbocycles. The zero-order valence-electron chi connectivity index (χ0n) is 17.3. The van der Waals surface area contributed by atoms with Gasteiger partial charge in [0, 0.05) is 39.5 Å². The number of hydrogen-bond donors (Lipinski definition) is 1. The molecule has 1 N–H and O–H groups in total. The van der Waals surface area contributed by atoms with Crippen molar-refractivity contribution in [3.05, 3.63) is 107 Å².